The van der Waals surface area contributed by atoms with E-state index in [4.69, 9.17) is 5.11 Å². The highest BCUT2D eigenvalue weighted by Gasteiger charge is 2.19. The summed E-state index contributed by atoms with van der Waals surface area (Å²) in [5, 5.41) is 8.86. The van der Waals surface area contributed by atoms with Gasteiger partial charge in [-0.25, -0.2) is 13.2 Å². The zero-order valence-electron chi connectivity index (χ0n) is 12.6. The molecule has 2 N–H and O–H groups in total. The molecule has 0 radical (unpaired) electrons. The number of hydrogen-bond acceptors (Lipinski definition) is 4. The van der Waals surface area contributed by atoms with Crippen molar-refractivity contribution >= 4 is 33.6 Å². The Bertz CT molecular complexity index is 856. The van der Waals surface area contributed by atoms with Gasteiger partial charge in [0, 0.05) is 11.9 Å². The number of carbonyl (C=O) groups is 1. The molecular weight excluding hydrogens is 316 g/mol. The lowest BCUT2D eigenvalue weighted by Gasteiger charge is -2.12. The van der Waals surface area contributed by atoms with Crippen molar-refractivity contribution in [3.63, 3.8) is 0 Å². The molecule has 0 saturated heterocycles. The normalized spacial score (nSPS) is 11.6. The average molecular weight is 332 g/mol. The van der Waals surface area contributed by atoms with Crippen LogP contribution < -0.4 is 4.72 Å². The average Bonchev–Trinajstić information content (AvgIpc) is 2.49. The van der Waals surface area contributed by atoms with E-state index >= 15 is 0 Å². The summed E-state index contributed by atoms with van der Waals surface area (Å²) in [6.07, 6.45) is 1.53. The third-order valence-electron chi connectivity index (χ3n) is 3.13. The van der Waals surface area contributed by atoms with Crippen LogP contribution in [0.25, 0.3) is 0 Å². The highest BCUT2D eigenvalue weighted by molar-refractivity contribution is 7.92. The van der Waals surface area contributed by atoms with Crippen LogP contribution >= 0.6 is 0 Å². The predicted molar refractivity (Wildman–Crippen MR) is 89.2 cm³/mol. The van der Waals surface area contributed by atoms with Crippen LogP contribution in [0, 0.1) is 6.92 Å². The third-order valence-corrected chi connectivity index (χ3v) is 4.55. The first kappa shape index (κ1) is 16.7. The number of carboxylic acid groups (broad SMARTS) is 1. The van der Waals surface area contributed by atoms with Crippen LogP contribution in [-0.4, -0.2) is 25.7 Å². The third kappa shape index (κ3) is 3.75. The van der Waals surface area contributed by atoms with E-state index in [9.17, 15) is 13.2 Å². The Hall–Kier alpha value is -2.67. The van der Waals surface area contributed by atoms with E-state index in [1.54, 1.807) is 26.0 Å². The molecule has 0 unspecified atom stereocenters. The molecule has 0 saturated carbocycles. The summed E-state index contributed by atoms with van der Waals surface area (Å²) in [5.74, 6) is -1.07. The quantitative estimate of drug-likeness (QED) is 0.822. The molecule has 120 valence electrons. The molecule has 0 aliphatic carbocycles. The summed E-state index contributed by atoms with van der Waals surface area (Å²) in [6, 6.07) is 10.4. The number of aryl methyl sites for hydroxylation is 1. The van der Waals surface area contributed by atoms with Crippen molar-refractivity contribution in [3.05, 3.63) is 53.6 Å². The molecule has 0 fully saturated rings. The molecule has 0 heterocycles. The zero-order chi connectivity index (χ0) is 17.0. The Morgan fingerprint density at radius 3 is 2.39 bits per heavy atom. The maximum atomic E-state index is 12.6. The Morgan fingerprint density at radius 1 is 1.17 bits per heavy atom. The van der Waals surface area contributed by atoms with Crippen molar-refractivity contribution in [2.24, 2.45) is 4.99 Å². The highest BCUT2D eigenvalue weighted by atomic mass is 32.2. The summed E-state index contributed by atoms with van der Waals surface area (Å²) in [4.78, 5) is 15.0. The van der Waals surface area contributed by atoms with Crippen molar-refractivity contribution in [3.8, 4) is 0 Å². The number of aliphatic imine (C=N–C) groups is 1. The van der Waals surface area contributed by atoms with Gasteiger partial charge in [0.05, 0.1) is 11.3 Å². The van der Waals surface area contributed by atoms with Gasteiger partial charge in [0.2, 0.25) is 0 Å². The summed E-state index contributed by atoms with van der Waals surface area (Å²) >= 11 is 0. The van der Waals surface area contributed by atoms with Crippen molar-refractivity contribution in [2.75, 3.05) is 4.72 Å². The summed E-state index contributed by atoms with van der Waals surface area (Å²) in [6.45, 7) is 3.49. The monoisotopic (exact) mass is 332 g/mol. The van der Waals surface area contributed by atoms with Crippen LogP contribution in [0.1, 0.15) is 22.8 Å². The molecule has 0 atom stereocenters. The lowest BCUT2D eigenvalue weighted by atomic mass is 10.2. The van der Waals surface area contributed by atoms with Crippen molar-refractivity contribution < 1.29 is 18.3 Å². The maximum absolute atomic E-state index is 12.6. The molecule has 0 aliphatic heterocycles. The zero-order valence-corrected chi connectivity index (χ0v) is 13.5. The Balaban J connectivity index is 2.40. The molecular formula is C16H16N2O4S. The fourth-order valence-corrected chi connectivity index (χ4v) is 3.32. The number of nitrogens with zero attached hydrogens (tertiary/aromatic N) is 1. The van der Waals surface area contributed by atoms with Gasteiger partial charge in [0.1, 0.15) is 4.90 Å². The van der Waals surface area contributed by atoms with Crippen LogP contribution in [0.3, 0.4) is 0 Å². The SMILES string of the molecule is CC=Nc1c(C)cccc1S(=O)(=O)Nc1ccc(C(=O)O)cc1. The topological polar surface area (TPSA) is 95.8 Å². The molecule has 2 aromatic rings. The van der Waals surface area contributed by atoms with E-state index < -0.39 is 16.0 Å². The second-order valence-corrected chi connectivity index (χ2v) is 6.45. The van der Waals surface area contributed by atoms with Crippen molar-refractivity contribution in [1.82, 2.24) is 0 Å². The number of benzene rings is 2. The Morgan fingerprint density at radius 2 is 1.83 bits per heavy atom. The minimum atomic E-state index is -3.83. The molecule has 23 heavy (non-hydrogen) atoms. The van der Waals surface area contributed by atoms with E-state index in [0.29, 0.717) is 5.69 Å². The first-order valence-electron chi connectivity index (χ1n) is 6.79. The van der Waals surface area contributed by atoms with Crippen LogP contribution in [0.5, 0.6) is 0 Å². The first-order chi connectivity index (χ1) is 10.8. The van der Waals surface area contributed by atoms with Crippen LogP contribution in [0.4, 0.5) is 11.4 Å². The fourth-order valence-electron chi connectivity index (χ4n) is 2.03. The van der Waals surface area contributed by atoms with Crippen molar-refractivity contribution in [1.29, 1.82) is 0 Å². The Kier molecular flexibility index (Phi) is 4.80. The van der Waals surface area contributed by atoms with Gasteiger partial charge in [0.15, 0.2) is 0 Å². The molecule has 2 rings (SSSR count). The number of rotatable bonds is 5. The smallest absolute Gasteiger partial charge is 0.335 e. The molecule has 0 spiro atoms. The van der Waals surface area contributed by atoms with Gasteiger partial charge in [-0.1, -0.05) is 12.1 Å². The van der Waals surface area contributed by atoms with E-state index in [1.165, 1.54) is 36.5 Å². The van der Waals surface area contributed by atoms with E-state index in [0.717, 1.165) is 5.56 Å². The maximum Gasteiger partial charge on any atom is 0.335 e. The lowest BCUT2D eigenvalue weighted by Crippen LogP contribution is -2.13. The Labute approximate surface area is 134 Å². The molecule has 0 aliphatic rings. The van der Waals surface area contributed by atoms with E-state index in [2.05, 4.69) is 9.71 Å². The van der Waals surface area contributed by atoms with Crippen LogP contribution in [0.15, 0.2) is 52.4 Å². The van der Waals surface area contributed by atoms with Gasteiger partial charge in [-0.05, 0) is 49.7 Å². The second kappa shape index (κ2) is 6.62. The van der Waals surface area contributed by atoms with Gasteiger partial charge in [-0.15, -0.1) is 0 Å². The molecule has 6 nitrogen and oxygen atoms in total. The summed E-state index contributed by atoms with van der Waals surface area (Å²) in [7, 11) is -3.83. The van der Waals surface area contributed by atoms with E-state index in [1.807, 2.05) is 0 Å². The number of para-hydroxylation sites is 1. The number of aromatic carboxylic acids is 1. The standard InChI is InChI=1S/C16H16N2O4S/c1-3-17-15-11(2)5-4-6-14(15)23(21,22)18-13-9-7-12(8-10-13)16(19)20/h3-10,18H,1-2H3,(H,19,20). The predicted octanol–water partition coefficient (Wildman–Crippen LogP) is 3.22. The molecule has 2 aromatic carbocycles. The fraction of sp³-hybridized carbons (Fsp3) is 0.125. The number of hydrogen-bond donors (Lipinski definition) is 2. The van der Waals surface area contributed by atoms with Gasteiger partial charge >= 0.3 is 5.97 Å². The van der Waals surface area contributed by atoms with Gasteiger partial charge < -0.3 is 5.11 Å². The van der Waals surface area contributed by atoms with Crippen LogP contribution in [0.2, 0.25) is 0 Å². The lowest BCUT2D eigenvalue weighted by molar-refractivity contribution is 0.0697. The van der Waals surface area contributed by atoms with Gasteiger partial charge in [0.25, 0.3) is 10.0 Å². The highest BCUT2D eigenvalue weighted by Crippen LogP contribution is 2.29. The number of carboxylic acids is 1. The number of anilines is 1. The van der Waals surface area contributed by atoms with Gasteiger partial charge in [-0.2, -0.15) is 0 Å². The number of sulfonamides is 1. The molecule has 7 heteroatoms. The van der Waals surface area contributed by atoms with E-state index in [-0.39, 0.29) is 16.1 Å². The summed E-state index contributed by atoms with van der Waals surface area (Å²) in [5.41, 5.74) is 1.49. The minimum absolute atomic E-state index is 0.0675. The largest absolute Gasteiger partial charge is 0.478 e. The minimum Gasteiger partial charge on any atom is -0.478 e. The second-order valence-electron chi connectivity index (χ2n) is 4.80. The summed E-state index contributed by atoms with van der Waals surface area (Å²) < 4.78 is 27.6. The van der Waals surface area contributed by atoms with Gasteiger partial charge in [-0.3, -0.25) is 9.71 Å². The first-order valence-corrected chi connectivity index (χ1v) is 8.28. The molecule has 0 aromatic heterocycles. The number of nitrogens with one attached hydrogen (secondary N) is 1. The van der Waals surface area contributed by atoms with Crippen molar-refractivity contribution in [2.45, 2.75) is 18.7 Å². The molecule has 0 bridgehead atoms. The molecule has 0 amide bonds. The van der Waals surface area contributed by atoms with Crippen LogP contribution in [-0.2, 0) is 10.0 Å².